The van der Waals surface area contributed by atoms with Crippen molar-refractivity contribution in [2.45, 2.75) is 58.7 Å². The van der Waals surface area contributed by atoms with Crippen LogP contribution in [-0.2, 0) is 33.4 Å². The molecule has 3 aliphatic heterocycles. The second-order valence-electron chi connectivity index (χ2n) is 15.8. The van der Waals surface area contributed by atoms with Gasteiger partial charge in [-0.05, 0) is 118 Å². The Labute approximate surface area is 352 Å². The molecule has 322 valence electrons. The third-order valence-electron chi connectivity index (χ3n) is 11.8. The fourth-order valence-corrected chi connectivity index (χ4v) is 8.17. The highest BCUT2D eigenvalue weighted by Crippen LogP contribution is 2.34. The van der Waals surface area contributed by atoms with Crippen molar-refractivity contribution in [1.82, 2.24) is 10.3 Å². The molecule has 3 fully saturated rings. The second-order valence-corrected chi connectivity index (χ2v) is 15.8. The van der Waals surface area contributed by atoms with Crippen molar-refractivity contribution in [2.24, 2.45) is 5.92 Å². The van der Waals surface area contributed by atoms with Crippen LogP contribution in [0.1, 0.15) is 76.9 Å². The van der Waals surface area contributed by atoms with Gasteiger partial charge in [0.25, 0.3) is 11.8 Å². The van der Waals surface area contributed by atoms with Crippen molar-refractivity contribution in [3.63, 3.8) is 0 Å². The van der Waals surface area contributed by atoms with E-state index in [-0.39, 0.29) is 18.0 Å². The lowest BCUT2D eigenvalue weighted by molar-refractivity contribution is -0.942. The Hall–Kier alpha value is -4.82. The summed E-state index contributed by atoms with van der Waals surface area (Å²) in [7, 11) is 0. The molecule has 13 heteroatoms. The third-order valence-corrected chi connectivity index (χ3v) is 11.8. The van der Waals surface area contributed by atoms with Crippen LogP contribution in [0.3, 0.4) is 0 Å². The zero-order valence-corrected chi connectivity index (χ0v) is 34.9. The number of alkyl halides is 3. The maximum absolute atomic E-state index is 13.6. The maximum atomic E-state index is 13.6. The first kappa shape index (κ1) is 44.7. The number of rotatable bonds is 22. The Morgan fingerprint density at radius 1 is 0.767 bits per heavy atom. The van der Waals surface area contributed by atoms with Crippen molar-refractivity contribution in [3.8, 4) is 11.3 Å². The summed E-state index contributed by atoms with van der Waals surface area (Å²) in [6, 6.07) is 21.2. The molecule has 3 aliphatic rings. The number of hydrogen-bond acceptors (Lipinski definition) is 7. The van der Waals surface area contributed by atoms with Gasteiger partial charge in [0.15, 0.2) is 0 Å². The van der Waals surface area contributed by atoms with Crippen LogP contribution >= 0.6 is 0 Å². The number of anilines is 2. The normalized spacial score (nSPS) is 17.4. The topological polar surface area (TPSA) is 102 Å². The predicted octanol–water partition coefficient (Wildman–Crippen LogP) is 8.41. The number of aromatic nitrogens is 1. The smallest absolute Gasteiger partial charge is 0.379 e. The Bertz CT molecular complexity index is 1980. The maximum Gasteiger partial charge on any atom is 0.416 e. The Morgan fingerprint density at radius 3 is 2.13 bits per heavy atom. The molecule has 2 bridgehead atoms. The van der Waals surface area contributed by atoms with Crippen molar-refractivity contribution >= 4 is 23.2 Å². The average Bonchev–Trinajstić information content (AvgIpc) is 3.27. The minimum atomic E-state index is -4.48. The molecule has 0 saturated carbocycles. The molecule has 0 atom stereocenters. The number of fused-ring (bicyclic) bond motifs is 3. The number of piperidine rings is 3. The Balaban J connectivity index is 0.959. The molecule has 0 unspecified atom stereocenters. The first-order valence-corrected chi connectivity index (χ1v) is 21.3. The summed E-state index contributed by atoms with van der Waals surface area (Å²) in [6.45, 7) is 14.3. The number of nitrogens with zero attached hydrogens (tertiary/aromatic N) is 3. The molecule has 60 heavy (non-hydrogen) atoms. The van der Waals surface area contributed by atoms with Gasteiger partial charge >= 0.3 is 6.18 Å². The van der Waals surface area contributed by atoms with E-state index in [2.05, 4.69) is 34.4 Å². The lowest BCUT2D eigenvalue weighted by atomic mass is 9.86. The molecular formula is C47H59F3N5O5+. The van der Waals surface area contributed by atoms with E-state index in [1.165, 1.54) is 67.8 Å². The minimum Gasteiger partial charge on any atom is -0.379 e. The second kappa shape index (κ2) is 21.6. The summed E-state index contributed by atoms with van der Waals surface area (Å²) in [6.07, 6.45) is 2.83. The summed E-state index contributed by atoms with van der Waals surface area (Å²) < 4.78 is 58.2. The highest BCUT2D eigenvalue weighted by molar-refractivity contribution is 6.06. The van der Waals surface area contributed by atoms with E-state index < -0.39 is 17.6 Å². The van der Waals surface area contributed by atoms with Gasteiger partial charge in [0.1, 0.15) is 6.54 Å². The number of hydrogen-bond donors (Lipinski definition) is 2. The first-order chi connectivity index (χ1) is 29.1. The highest BCUT2D eigenvalue weighted by atomic mass is 19.4. The van der Waals surface area contributed by atoms with Gasteiger partial charge in [-0.2, -0.15) is 13.2 Å². The van der Waals surface area contributed by atoms with Gasteiger partial charge in [-0.1, -0.05) is 24.3 Å². The molecule has 0 radical (unpaired) electrons. The quantitative estimate of drug-likeness (QED) is 0.0606. The van der Waals surface area contributed by atoms with E-state index in [1.54, 1.807) is 18.2 Å². The van der Waals surface area contributed by atoms with Gasteiger partial charge < -0.3 is 34.2 Å². The van der Waals surface area contributed by atoms with E-state index in [9.17, 15) is 22.8 Å². The molecule has 2 amide bonds. The number of carbonyl (C=O) groups is 2. The fraction of sp³-hybridized carbons (Fsp3) is 0.468. The minimum absolute atomic E-state index is 0.0855. The zero-order valence-electron chi connectivity index (χ0n) is 34.9. The molecule has 4 aromatic rings. The number of carbonyl (C=O) groups excluding carboxylic acids is 2. The number of pyridine rings is 1. The summed E-state index contributed by atoms with van der Waals surface area (Å²) in [5, 5.41) is 5.75. The summed E-state index contributed by atoms with van der Waals surface area (Å²) in [5.41, 5.74) is 3.92. The van der Waals surface area contributed by atoms with Crippen LogP contribution < -0.4 is 15.5 Å². The largest absolute Gasteiger partial charge is 0.416 e. The summed E-state index contributed by atoms with van der Waals surface area (Å²) in [5.74, 6) is 0.213. The number of benzene rings is 3. The van der Waals surface area contributed by atoms with Crippen LogP contribution in [0.25, 0.3) is 11.3 Å². The lowest BCUT2D eigenvalue weighted by Gasteiger charge is -2.49. The van der Waals surface area contributed by atoms with Gasteiger partial charge in [-0.3, -0.25) is 14.6 Å². The van der Waals surface area contributed by atoms with Crippen LogP contribution in [0.2, 0.25) is 0 Å². The van der Waals surface area contributed by atoms with E-state index >= 15 is 0 Å². The van der Waals surface area contributed by atoms with Crippen molar-refractivity contribution in [1.29, 1.82) is 0 Å². The van der Waals surface area contributed by atoms with Crippen molar-refractivity contribution < 1.29 is 41.5 Å². The monoisotopic (exact) mass is 830 g/mol. The van der Waals surface area contributed by atoms with E-state index in [0.717, 1.165) is 68.4 Å². The summed E-state index contributed by atoms with van der Waals surface area (Å²) >= 11 is 0. The molecule has 2 N–H and O–H groups in total. The number of halogens is 3. The average molecular weight is 831 g/mol. The molecule has 7 rings (SSSR count). The number of ether oxygens (including phenoxy) is 3. The van der Waals surface area contributed by atoms with Crippen LogP contribution in [0, 0.1) is 5.92 Å². The van der Waals surface area contributed by atoms with Gasteiger partial charge in [0, 0.05) is 54.8 Å². The fourth-order valence-electron chi connectivity index (χ4n) is 8.17. The molecule has 0 spiro atoms. The summed E-state index contributed by atoms with van der Waals surface area (Å²) in [4.78, 5) is 33.5. The molecule has 4 heterocycles. The van der Waals surface area contributed by atoms with E-state index in [0.29, 0.717) is 61.1 Å². The number of quaternary nitrogens is 1. The van der Waals surface area contributed by atoms with Gasteiger partial charge in [0.05, 0.1) is 69.6 Å². The van der Waals surface area contributed by atoms with Gasteiger partial charge in [0.2, 0.25) is 0 Å². The van der Waals surface area contributed by atoms with Crippen molar-refractivity contribution in [3.05, 3.63) is 113 Å². The molecular weight excluding hydrogens is 772 g/mol. The predicted molar refractivity (Wildman–Crippen MR) is 228 cm³/mol. The van der Waals surface area contributed by atoms with E-state index in [1.807, 2.05) is 30.3 Å². The van der Waals surface area contributed by atoms with Crippen LogP contribution in [-0.4, -0.2) is 100 Å². The SMILES string of the molecule is CCN(CC)c1ccc(NC(=O)c2ccc(CCCOCCOCCOCC[N+]34CCC(CC3)CC4)cc2)c(-c2cc(C(=O)NCc3cccc(C(F)(F)F)c3)ccn2)c1. The molecule has 3 aromatic carbocycles. The molecule has 3 saturated heterocycles. The zero-order chi connectivity index (χ0) is 42.4. The van der Waals surface area contributed by atoms with Crippen LogP contribution in [0.5, 0.6) is 0 Å². The number of aryl methyl sites for hydroxylation is 1. The molecule has 10 nitrogen and oxygen atoms in total. The highest BCUT2D eigenvalue weighted by Gasteiger charge is 2.39. The number of nitrogens with one attached hydrogen (secondary N) is 2. The Kier molecular flexibility index (Phi) is 16.1. The number of amides is 2. The molecule has 0 aliphatic carbocycles. The van der Waals surface area contributed by atoms with Crippen LogP contribution in [0.15, 0.2) is 85.1 Å². The standard InChI is InChI=1S/C47H58F3N5O5/c1-3-54(4-2)41-14-15-43(42(33-41)44-32-39(16-20-51-44)45(56)52-34-37-7-5-9-40(31-37)47(48,49)50)53-46(57)38-12-10-35(11-13-38)8-6-25-58-27-29-60-30-28-59-26-24-55-21-17-36(18-22-55)19-23-55/h5,7,9-16,20,31-33,36H,3-4,6,8,17-19,21-30,34H2,1-2H3,(H-,51,52,53,56,57)/p+1. The Morgan fingerprint density at radius 2 is 1.45 bits per heavy atom. The van der Waals surface area contributed by atoms with Crippen LogP contribution in [0.4, 0.5) is 24.5 Å². The molecule has 1 aromatic heterocycles. The van der Waals surface area contributed by atoms with Crippen molar-refractivity contribution in [2.75, 3.05) is 89.1 Å². The lowest BCUT2D eigenvalue weighted by Crippen LogP contribution is -2.59. The van der Waals surface area contributed by atoms with E-state index in [4.69, 9.17) is 14.2 Å². The first-order valence-electron chi connectivity index (χ1n) is 21.3. The van der Waals surface area contributed by atoms with Gasteiger partial charge in [-0.15, -0.1) is 0 Å². The van der Waals surface area contributed by atoms with Gasteiger partial charge in [-0.25, -0.2) is 0 Å². The third kappa shape index (κ3) is 12.6.